The highest BCUT2D eigenvalue weighted by Crippen LogP contribution is 2.34. The first-order valence-corrected chi connectivity index (χ1v) is 23.5. The molecule has 3 heterocycles. The molecule has 0 unspecified atom stereocenters. The van der Waals surface area contributed by atoms with E-state index >= 15 is 0 Å². The second-order valence-electron chi connectivity index (χ2n) is 17.8. The number of aromatic nitrogens is 1. The zero-order valence-electron chi connectivity index (χ0n) is 37.1. The van der Waals surface area contributed by atoms with Crippen LogP contribution in [0.5, 0.6) is 11.5 Å². The van der Waals surface area contributed by atoms with Gasteiger partial charge in [0.15, 0.2) is 9.84 Å². The van der Waals surface area contributed by atoms with Crippen molar-refractivity contribution in [3.8, 4) is 11.5 Å². The van der Waals surface area contributed by atoms with Gasteiger partial charge < -0.3 is 39.8 Å². The fourth-order valence-corrected chi connectivity index (χ4v) is 9.97. The monoisotopic (exact) mass is 883 g/mol. The van der Waals surface area contributed by atoms with Crippen molar-refractivity contribution in [2.75, 3.05) is 33.6 Å². The molecular formula is C45H65N5O11S. The number of rotatable bonds is 11. The van der Waals surface area contributed by atoms with Crippen molar-refractivity contribution in [3.63, 3.8) is 0 Å². The number of fused-ring (bicyclic) bond motifs is 2. The third-order valence-electron chi connectivity index (χ3n) is 12.1. The molecule has 17 heteroatoms. The number of sulfone groups is 1. The molecule has 1 aromatic heterocycles. The molecule has 5 rings (SSSR count). The van der Waals surface area contributed by atoms with Gasteiger partial charge in [-0.1, -0.05) is 44.3 Å². The molecule has 2 aliphatic heterocycles. The Bertz CT molecular complexity index is 2060. The summed E-state index contributed by atoms with van der Waals surface area (Å²) in [5.41, 5.74) is -0.124. The maximum atomic E-state index is 14.9. The normalized spacial score (nSPS) is 22.8. The summed E-state index contributed by atoms with van der Waals surface area (Å²) in [6.07, 6.45) is 11.1. The van der Waals surface area contributed by atoms with Crippen LogP contribution in [0.3, 0.4) is 0 Å². The predicted octanol–water partition coefficient (Wildman–Crippen LogP) is 5.24. The summed E-state index contributed by atoms with van der Waals surface area (Å²) in [6.45, 7) is 4.93. The molecule has 62 heavy (non-hydrogen) atoms. The van der Waals surface area contributed by atoms with Crippen molar-refractivity contribution in [1.29, 1.82) is 0 Å². The van der Waals surface area contributed by atoms with Crippen molar-refractivity contribution < 1.29 is 51.3 Å². The van der Waals surface area contributed by atoms with Crippen LogP contribution >= 0.6 is 0 Å². The Morgan fingerprint density at radius 2 is 1.63 bits per heavy atom. The topological polar surface area (TPSA) is 209 Å². The molecular weight excluding hydrogens is 819 g/mol. The summed E-state index contributed by atoms with van der Waals surface area (Å²) in [6, 6.07) is 3.56. The van der Waals surface area contributed by atoms with Crippen LogP contribution in [0.25, 0.3) is 10.9 Å². The molecule has 1 aromatic carbocycles. The first-order chi connectivity index (χ1) is 29.5. The van der Waals surface area contributed by atoms with Crippen LogP contribution in [0.2, 0.25) is 0 Å². The van der Waals surface area contributed by atoms with E-state index in [9.17, 15) is 32.4 Å². The van der Waals surface area contributed by atoms with Gasteiger partial charge in [-0.25, -0.2) is 13.2 Å². The average molecular weight is 884 g/mol. The Labute approximate surface area is 365 Å². The largest absolute Gasteiger partial charge is 0.497 e. The van der Waals surface area contributed by atoms with Crippen molar-refractivity contribution in [3.05, 3.63) is 42.1 Å². The first kappa shape index (κ1) is 48.1. The lowest BCUT2D eigenvalue weighted by Crippen LogP contribution is -2.61. The number of nitrogens with one attached hydrogen (secondary N) is 3. The highest BCUT2D eigenvalue weighted by atomic mass is 32.2. The Morgan fingerprint density at radius 1 is 0.919 bits per heavy atom. The van der Waals surface area contributed by atoms with Crippen LogP contribution in [0.15, 0.2) is 36.4 Å². The van der Waals surface area contributed by atoms with Gasteiger partial charge in [-0.05, 0) is 77.8 Å². The minimum atomic E-state index is -3.62. The molecule has 3 N–H and O–H groups in total. The highest BCUT2D eigenvalue weighted by Gasteiger charge is 2.45. The second kappa shape index (κ2) is 21.4. The molecule has 2 fully saturated rings. The number of benzene rings is 1. The highest BCUT2D eigenvalue weighted by molar-refractivity contribution is 7.92. The molecule has 2 aromatic rings. The lowest BCUT2D eigenvalue weighted by atomic mass is 9.83. The third-order valence-corrected chi connectivity index (χ3v) is 14.9. The molecule has 0 bridgehead atoms. The number of pyridine rings is 1. The van der Waals surface area contributed by atoms with Gasteiger partial charge in [-0.2, -0.15) is 0 Å². The standard InChI is InChI=1S/C45H65N5O11S/c1-44(2,3)62(56,57)29-45(21-15-12-16-22-45)49-43(55)48-35-18-14-11-9-7-8-10-13-17-30(24-39(51)59-5)47-41(53)37-27-33(28-50(37)42(35)54)61-38-23-31(25-40(52)60-6)46-36-26-32(58-4)19-20-34(36)38/h8,10,19-20,23,26,30,33,35,37H,7,9,11-18,21-22,24-25,27-29H2,1-6H3,(H,47,53)(H2,48,49,55)/t30-,33+,35-,37-/m0/s1. The van der Waals surface area contributed by atoms with Gasteiger partial charge in [0.1, 0.15) is 29.7 Å². The molecule has 1 saturated heterocycles. The molecule has 0 radical (unpaired) electrons. The quantitative estimate of drug-likeness (QED) is 0.196. The molecule has 0 spiro atoms. The summed E-state index contributed by atoms with van der Waals surface area (Å²) in [4.78, 5) is 74.3. The molecule has 1 saturated carbocycles. The third kappa shape index (κ3) is 12.8. The SMILES string of the molecule is COC(=O)Cc1cc(O[C@@H]2C[C@H]3C(=O)N[C@H](CC(=O)OC)CCC=CCCCCC[C@H](NC(=O)NC4(CS(=O)(=O)C(C)(C)C)CCCCC4)C(=O)N3C2)c2ccc(OC)cc2n1. The minimum Gasteiger partial charge on any atom is -0.497 e. The molecule has 4 atom stereocenters. The summed E-state index contributed by atoms with van der Waals surface area (Å²) in [5.74, 6) is -1.26. The lowest BCUT2D eigenvalue weighted by molar-refractivity contribution is -0.143. The van der Waals surface area contributed by atoms with Crippen molar-refractivity contribution in [2.24, 2.45) is 0 Å². The van der Waals surface area contributed by atoms with Crippen LogP contribution in [-0.4, -0.2) is 116 Å². The summed E-state index contributed by atoms with van der Waals surface area (Å²) >= 11 is 0. The van der Waals surface area contributed by atoms with E-state index in [-0.39, 0.29) is 38.0 Å². The molecule has 342 valence electrons. The smallest absolute Gasteiger partial charge is 0.315 e. The van der Waals surface area contributed by atoms with Gasteiger partial charge in [0.25, 0.3) is 0 Å². The van der Waals surface area contributed by atoms with Gasteiger partial charge in [0, 0.05) is 30.0 Å². The number of nitrogens with zero attached hydrogens (tertiary/aromatic N) is 2. The first-order valence-electron chi connectivity index (χ1n) is 21.8. The molecule has 1 aliphatic carbocycles. The Morgan fingerprint density at radius 3 is 2.32 bits per heavy atom. The van der Waals surface area contributed by atoms with Gasteiger partial charge in [-0.15, -0.1) is 0 Å². The molecule has 4 amide bonds. The lowest BCUT2D eigenvalue weighted by Gasteiger charge is -2.40. The van der Waals surface area contributed by atoms with E-state index in [1.807, 2.05) is 6.08 Å². The predicted molar refractivity (Wildman–Crippen MR) is 233 cm³/mol. The van der Waals surface area contributed by atoms with Crippen LogP contribution in [0.4, 0.5) is 4.79 Å². The van der Waals surface area contributed by atoms with Crippen LogP contribution < -0.4 is 25.4 Å². The van der Waals surface area contributed by atoms with E-state index < -0.39 is 74.1 Å². The van der Waals surface area contributed by atoms with Gasteiger partial charge >= 0.3 is 18.0 Å². The van der Waals surface area contributed by atoms with Gasteiger partial charge in [0.05, 0.1) is 68.0 Å². The van der Waals surface area contributed by atoms with E-state index in [0.717, 1.165) is 38.5 Å². The maximum Gasteiger partial charge on any atom is 0.315 e. The van der Waals surface area contributed by atoms with E-state index in [2.05, 4.69) is 27.0 Å². The molecule has 16 nitrogen and oxygen atoms in total. The Kier molecular flexibility index (Phi) is 16.6. The van der Waals surface area contributed by atoms with E-state index in [4.69, 9.17) is 18.9 Å². The number of hydrogen-bond acceptors (Lipinski definition) is 12. The number of carbonyl (C=O) groups is 5. The van der Waals surface area contributed by atoms with Gasteiger partial charge in [0.2, 0.25) is 11.8 Å². The number of hydrogen-bond donors (Lipinski definition) is 3. The number of urea groups is 1. The van der Waals surface area contributed by atoms with Crippen LogP contribution in [-0.2, 0) is 44.9 Å². The fourth-order valence-electron chi connectivity index (χ4n) is 8.45. The van der Waals surface area contributed by atoms with E-state index in [1.54, 1.807) is 45.0 Å². The minimum absolute atomic E-state index is 0.0266. The Balaban J connectivity index is 1.48. The number of carbonyl (C=O) groups excluding carboxylic acids is 5. The van der Waals surface area contributed by atoms with Crippen LogP contribution in [0, 0.1) is 0 Å². The average Bonchev–Trinajstić information content (AvgIpc) is 3.65. The summed E-state index contributed by atoms with van der Waals surface area (Å²) in [5, 5.41) is 9.58. The number of ether oxygens (including phenoxy) is 4. The number of esters is 2. The fraction of sp³-hybridized carbons (Fsp3) is 0.644. The Hall–Kier alpha value is -4.93. The zero-order valence-corrected chi connectivity index (χ0v) is 37.9. The van der Waals surface area contributed by atoms with Crippen molar-refractivity contribution in [1.82, 2.24) is 25.8 Å². The second-order valence-corrected chi connectivity index (χ2v) is 20.5. The number of amides is 4. The van der Waals surface area contributed by atoms with Crippen LogP contribution in [0.1, 0.15) is 116 Å². The van der Waals surface area contributed by atoms with E-state index in [1.165, 1.54) is 26.2 Å². The van der Waals surface area contributed by atoms with Crippen molar-refractivity contribution >= 4 is 50.5 Å². The summed E-state index contributed by atoms with van der Waals surface area (Å²) in [7, 11) is 0.489. The van der Waals surface area contributed by atoms with E-state index in [0.29, 0.717) is 60.2 Å². The zero-order chi connectivity index (χ0) is 45.1. The van der Waals surface area contributed by atoms with Crippen molar-refractivity contribution in [2.45, 2.75) is 152 Å². The number of methoxy groups -OCH3 is 3. The molecule has 3 aliphatic rings. The summed E-state index contributed by atoms with van der Waals surface area (Å²) < 4.78 is 47.9. The van der Waals surface area contributed by atoms with Gasteiger partial charge in [-0.3, -0.25) is 24.2 Å². The number of allylic oxidation sites excluding steroid dienone is 2. The maximum absolute atomic E-state index is 14.9.